The van der Waals surface area contributed by atoms with Crippen LogP contribution in [0, 0.1) is 9.49 Å². The number of halogens is 1. The van der Waals surface area contributed by atoms with Crippen molar-refractivity contribution in [2.75, 3.05) is 19.8 Å². The van der Waals surface area contributed by atoms with Crippen LogP contribution in [0.2, 0.25) is 0 Å². The summed E-state index contributed by atoms with van der Waals surface area (Å²) in [5.74, 6) is 1.12. The highest BCUT2D eigenvalue weighted by atomic mass is 127. The van der Waals surface area contributed by atoms with Gasteiger partial charge in [-0.1, -0.05) is 13.8 Å². The zero-order valence-corrected chi connectivity index (χ0v) is 15.0. The van der Waals surface area contributed by atoms with Crippen molar-refractivity contribution < 1.29 is 9.47 Å². The lowest BCUT2D eigenvalue weighted by atomic mass is 9.92. The molecule has 0 spiro atoms. The number of rotatable bonds is 5. The number of hydrogen-bond acceptors (Lipinski definition) is 4. The van der Waals surface area contributed by atoms with E-state index < -0.39 is 5.60 Å². The summed E-state index contributed by atoms with van der Waals surface area (Å²) in [5.41, 5.74) is 0.291. The van der Waals surface area contributed by atoms with Crippen molar-refractivity contribution in [2.24, 2.45) is 5.92 Å². The first-order valence-corrected chi connectivity index (χ1v) is 8.57. The molecule has 1 saturated heterocycles. The standard InChI is InChI=1S/C15H23IN2O3/c1-4-21-15(5-7-20-8-6-15)14-17-11(9-10(2)3)12(16)13(19)18-14/h10H,4-9H2,1-3H3,(H,17,18,19). The summed E-state index contributed by atoms with van der Waals surface area (Å²) in [6.07, 6.45) is 2.25. The third-order valence-electron chi connectivity index (χ3n) is 3.69. The lowest BCUT2D eigenvalue weighted by Crippen LogP contribution is -2.40. The summed E-state index contributed by atoms with van der Waals surface area (Å²) < 4.78 is 12.1. The Kier molecular flexibility index (Phi) is 5.79. The zero-order valence-electron chi connectivity index (χ0n) is 12.9. The summed E-state index contributed by atoms with van der Waals surface area (Å²) in [6.45, 7) is 8.09. The molecule has 1 aliphatic rings. The van der Waals surface area contributed by atoms with E-state index in [-0.39, 0.29) is 5.56 Å². The summed E-state index contributed by atoms with van der Waals surface area (Å²) in [6, 6.07) is 0. The van der Waals surface area contributed by atoms with Crippen molar-refractivity contribution in [3.8, 4) is 0 Å². The van der Waals surface area contributed by atoms with Crippen molar-refractivity contribution in [2.45, 2.75) is 45.6 Å². The first kappa shape index (κ1) is 16.9. The molecule has 1 aliphatic heterocycles. The molecule has 2 rings (SSSR count). The number of H-pyrrole nitrogens is 1. The second-order valence-electron chi connectivity index (χ2n) is 5.81. The predicted octanol–water partition coefficient (Wildman–Crippen LogP) is 2.62. The first-order valence-electron chi connectivity index (χ1n) is 7.49. The third kappa shape index (κ3) is 3.84. The van der Waals surface area contributed by atoms with Gasteiger partial charge in [0.1, 0.15) is 11.4 Å². The molecule has 6 heteroatoms. The van der Waals surface area contributed by atoms with Crippen molar-refractivity contribution in [3.63, 3.8) is 0 Å². The number of nitrogens with zero attached hydrogens (tertiary/aromatic N) is 1. The minimum absolute atomic E-state index is 0.0678. The molecule has 118 valence electrons. The van der Waals surface area contributed by atoms with Gasteiger partial charge >= 0.3 is 0 Å². The molecule has 21 heavy (non-hydrogen) atoms. The molecule has 0 aromatic carbocycles. The molecule has 5 nitrogen and oxygen atoms in total. The molecule has 0 amide bonds. The van der Waals surface area contributed by atoms with Crippen LogP contribution in [0.15, 0.2) is 4.79 Å². The molecule has 0 unspecified atom stereocenters. The van der Waals surface area contributed by atoms with Gasteiger partial charge in [-0.15, -0.1) is 0 Å². The fraction of sp³-hybridized carbons (Fsp3) is 0.733. The Morgan fingerprint density at radius 1 is 1.43 bits per heavy atom. The molecule has 1 aromatic heterocycles. The largest absolute Gasteiger partial charge is 0.381 e. The van der Waals surface area contributed by atoms with Gasteiger partial charge < -0.3 is 14.5 Å². The van der Waals surface area contributed by atoms with Crippen LogP contribution in [0.4, 0.5) is 0 Å². The van der Waals surface area contributed by atoms with E-state index >= 15 is 0 Å². The van der Waals surface area contributed by atoms with E-state index in [0.717, 1.165) is 25.0 Å². The van der Waals surface area contributed by atoms with Gasteiger partial charge in [0.05, 0.1) is 9.26 Å². The van der Waals surface area contributed by atoms with Crippen LogP contribution in [-0.4, -0.2) is 29.8 Å². The second-order valence-corrected chi connectivity index (χ2v) is 6.89. The maximum atomic E-state index is 12.2. The van der Waals surface area contributed by atoms with E-state index in [1.54, 1.807) is 0 Å². The van der Waals surface area contributed by atoms with Gasteiger partial charge in [0, 0.05) is 32.7 Å². The smallest absolute Gasteiger partial charge is 0.264 e. The molecule has 0 bridgehead atoms. The Bertz CT molecular complexity index is 531. The van der Waals surface area contributed by atoms with Crippen molar-refractivity contribution in [1.29, 1.82) is 0 Å². The summed E-state index contributed by atoms with van der Waals surface area (Å²) in [7, 11) is 0. The van der Waals surface area contributed by atoms with Gasteiger partial charge in [0.15, 0.2) is 0 Å². The van der Waals surface area contributed by atoms with E-state index in [2.05, 4.69) is 41.4 Å². The summed E-state index contributed by atoms with van der Waals surface area (Å²) >= 11 is 2.08. The SMILES string of the molecule is CCOC1(c2nc(CC(C)C)c(I)c(=O)[nH]2)CCOCC1. The molecule has 0 aliphatic carbocycles. The molecular weight excluding hydrogens is 383 g/mol. The molecule has 0 radical (unpaired) electrons. The summed E-state index contributed by atoms with van der Waals surface area (Å²) in [4.78, 5) is 19.9. The van der Waals surface area contributed by atoms with Gasteiger partial charge in [-0.25, -0.2) is 4.98 Å². The predicted molar refractivity (Wildman–Crippen MR) is 89.5 cm³/mol. The molecule has 2 heterocycles. The van der Waals surface area contributed by atoms with E-state index in [4.69, 9.17) is 14.5 Å². The number of aromatic amines is 1. The van der Waals surface area contributed by atoms with Crippen LogP contribution >= 0.6 is 22.6 Å². The van der Waals surface area contributed by atoms with Crippen LogP contribution in [-0.2, 0) is 21.5 Å². The molecule has 0 saturated carbocycles. The fourth-order valence-corrected chi connectivity index (χ4v) is 3.15. The zero-order chi connectivity index (χ0) is 15.5. The van der Waals surface area contributed by atoms with E-state index in [1.807, 2.05) is 6.92 Å². The monoisotopic (exact) mass is 406 g/mol. The minimum atomic E-state index is -0.512. The quantitative estimate of drug-likeness (QED) is 0.764. The number of aromatic nitrogens is 2. The van der Waals surface area contributed by atoms with E-state index in [1.165, 1.54) is 0 Å². The number of hydrogen-bond donors (Lipinski definition) is 1. The van der Waals surface area contributed by atoms with Gasteiger partial charge in [-0.05, 0) is 41.9 Å². The average Bonchev–Trinajstić information content (AvgIpc) is 2.44. The Labute approximate surface area is 139 Å². The summed E-state index contributed by atoms with van der Waals surface area (Å²) in [5, 5.41) is 0. The van der Waals surface area contributed by atoms with Gasteiger partial charge in [-0.2, -0.15) is 0 Å². The van der Waals surface area contributed by atoms with Crippen LogP contribution in [0.25, 0.3) is 0 Å². The average molecular weight is 406 g/mol. The molecular formula is C15H23IN2O3. The maximum absolute atomic E-state index is 12.2. The third-order valence-corrected chi connectivity index (χ3v) is 4.80. The Morgan fingerprint density at radius 3 is 2.67 bits per heavy atom. The fourth-order valence-electron chi connectivity index (χ4n) is 2.67. The van der Waals surface area contributed by atoms with Crippen LogP contribution < -0.4 is 5.56 Å². The Hall–Kier alpha value is -0.470. The van der Waals surface area contributed by atoms with Gasteiger partial charge in [-0.3, -0.25) is 4.79 Å². The molecule has 0 atom stereocenters. The maximum Gasteiger partial charge on any atom is 0.264 e. The molecule has 1 N–H and O–H groups in total. The lowest BCUT2D eigenvalue weighted by molar-refractivity contribution is -0.118. The highest BCUT2D eigenvalue weighted by Gasteiger charge is 2.38. The normalized spacial score (nSPS) is 18.1. The Balaban J connectivity index is 2.45. The number of ether oxygens (including phenoxy) is 2. The van der Waals surface area contributed by atoms with Crippen LogP contribution in [0.1, 0.15) is 45.1 Å². The molecule has 1 fully saturated rings. The van der Waals surface area contributed by atoms with Crippen molar-refractivity contribution >= 4 is 22.6 Å². The van der Waals surface area contributed by atoms with E-state index in [9.17, 15) is 4.79 Å². The van der Waals surface area contributed by atoms with Gasteiger partial charge in [0.2, 0.25) is 0 Å². The lowest BCUT2D eigenvalue weighted by Gasteiger charge is -2.36. The molecule has 1 aromatic rings. The van der Waals surface area contributed by atoms with E-state index in [0.29, 0.717) is 35.1 Å². The van der Waals surface area contributed by atoms with Crippen LogP contribution in [0.5, 0.6) is 0 Å². The van der Waals surface area contributed by atoms with Gasteiger partial charge in [0.25, 0.3) is 5.56 Å². The highest BCUT2D eigenvalue weighted by molar-refractivity contribution is 14.1. The highest BCUT2D eigenvalue weighted by Crippen LogP contribution is 2.34. The van der Waals surface area contributed by atoms with Crippen molar-refractivity contribution in [1.82, 2.24) is 9.97 Å². The van der Waals surface area contributed by atoms with Crippen molar-refractivity contribution in [3.05, 3.63) is 25.4 Å². The number of nitrogens with one attached hydrogen (secondary N) is 1. The van der Waals surface area contributed by atoms with Crippen LogP contribution in [0.3, 0.4) is 0 Å². The minimum Gasteiger partial charge on any atom is -0.381 e. The second kappa shape index (κ2) is 7.19. The topological polar surface area (TPSA) is 64.2 Å². The Morgan fingerprint density at radius 2 is 2.10 bits per heavy atom. The first-order chi connectivity index (χ1) is 9.98.